The van der Waals surface area contributed by atoms with Crippen LogP contribution < -0.4 is 0 Å². The summed E-state index contributed by atoms with van der Waals surface area (Å²) in [6.45, 7) is 0. The van der Waals surface area contributed by atoms with Crippen LogP contribution in [0.15, 0.2) is 64.8 Å². The molecule has 1 atom stereocenters. The van der Waals surface area contributed by atoms with E-state index in [0.29, 0.717) is 5.03 Å². The van der Waals surface area contributed by atoms with Crippen LogP contribution in [0.3, 0.4) is 0 Å². The monoisotopic (exact) mass is 494 g/mol. The Balaban J connectivity index is 0.00000135. The smallest absolute Gasteiger partial charge is 0.0601 e. The molecule has 0 saturated carbocycles. The molecule has 4 aromatic rings. The molecular weight excluding hydrogens is 484 g/mol. The van der Waals surface area contributed by atoms with Crippen LogP contribution in [0.1, 0.15) is 0 Å². The molecule has 0 fully saturated rings. The molecule has 1 unspecified atom stereocenters. The Morgan fingerprint density at radius 3 is 2.78 bits per heavy atom. The summed E-state index contributed by atoms with van der Waals surface area (Å²) in [5.41, 5.74) is 1.56. The second-order valence-electron chi connectivity index (χ2n) is 5.22. The first-order valence-electron chi connectivity index (χ1n) is 6.94. The van der Waals surface area contributed by atoms with Gasteiger partial charge in [-0.05, 0) is 39.4 Å². The van der Waals surface area contributed by atoms with Crippen LogP contribution in [0.5, 0.6) is 0 Å². The van der Waals surface area contributed by atoms with E-state index in [-0.39, 0.29) is 20.1 Å². The maximum Gasteiger partial charge on any atom is 0.0601 e. The van der Waals surface area contributed by atoms with Crippen LogP contribution in [0, 0.1) is 6.07 Å². The van der Waals surface area contributed by atoms with Crippen molar-refractivity contribution in [1.82, 2.24) is 9.97 Å². The van der Waals surface area contributed by atoms with Crippen LogP contribution in [-0.4, -0.2) is 14.2 Å². The van der Waals surface area contributed by atoms with Gasteiger partial charge in [-0.3, -0.25) is 4.21 Å². The van der Waals surface area contributed by atoms with Crippen molar-refractivity contribution in [2.24, 2.45) is 0 Å². The van der Waals surface area contributed by atoms with Gasteiger partial charge < -0.3 is 9.97 Å². The predicted molar refractivity (Wildman–Crippen MR) is 86.0 cm³/mol. The maximum atomic E-state index is 12.9. The molecule has 113 valence electrons. The average Bonchev–Trinajstić information content (AvgIpc) is 2.59. The van der Waals surface area contributed by atoms with Crippen molar-refractivity contribution in [3.8, 4) is 11.3 Å². The molecule has 0 spiro atoms. The van der Waals surface area contributed by atoms with Crippen LogP contribution in [0.25, 0.3) is 32.8 Å². The number of fused-ring (bicyclic) bond motifs is 4. The molecule has 0 bridgehead atoms. The molecule has 23 heavy (non-hydrogen) atoms. The third-order valence-electron chi connectivity index (χ3n) is 4.05. The van der Waals surface area contributed by atoms with Crippen LogP contribution in [0.2, 0.25) is 0 Å². The van der Waals surface area contributed by atoms with Crippen LogP contribution in [0.4, 0.5) is 0 Å². The van der Waals surface area contributed by atoms with Gasteiger partial charge in [-0.15, -0.1) is 12.1 Å². The normalized spacial score (nSPS) is 15.2. The maximum absolute atomic E-state index is 12.9. The summed E-state index contributed by atoms with van der Waals surface area (Å²) >= 11 is 0. The largest absolute Gasteiger partial charge is 0.343 e. The summed E-state index contributed by atoms with van der Waals surface area (Å²) in [7, 11) is -1.30. The van der Waals surface area contributed by atoms with Crippen molar-refractivity contribution in [2.45, 2.75) is 9.92 Å². The van der Waals surface area contributed by atoms with Crippen molar-refractivity contribution in [3.05, 3.63) is 60.9 Å². The molecule has 0 aliphatic carbocycles. The minimum Gasteiger partial charge on any atom is -0.343 e. The zero-order chi connectivity index (χ0) is 14.7. The second-order valence-corrected chi connectivity index (χ2v) is 6.58. The summed E-state index contributed by atoms with van der Waals surface area (Å²) in [4.78, 5) is 9.60. The molecule has 3 nitrogen and oxygen atoms in total. The van der Waals surface area contributed by atoms with Crippen molar-refractivity contribution >= 4 is 32.3 Å². The molecule has 3 heterocycles. The zero-order valence-corrected chi connectivity index (χ0v) is 15.0. The minimum absolute atomic E-state index is 0. The van der Waals surface area contributed by atoms with Crippen molar-refractivity contribution in [2.75, 3.05) is 0 Å². The number of pyridine rings is 2. The fourth-order valence-corrected chi connectivity index (χ4v) is 4.45. The van der Waals surface area contributed by atoms with Gasteiger partial charge in [-0.25, -0.2) is 0 Å². The number of rotatable bonds is 0. The molecule has 0 saturated heterocycles. The van der Waals surface area contributed by atoms with Crippen molar-refractivity contribution < 1.29 is 24.3 Å². The van der Waals surface area contributed by atoms with Gasteiger partial charge in [0.1, 0.15) is 0 Å². The van der Waals surface area contributed by atoms with Gasteiger partial charge in [0.25, 0.3) is 0 Å². The van der Waals surface area contributed by atoms with Gasteiger partial charge in [-0.2, -0.15) is 0 Å². The molecule has 5 rings (SSSR count). The van der Waals surface area contributed by atoms with E-state index in [4.69, 9.17) is 0 Å². The van der Waals surface area contributed by atoms with Crippen LogP contribution in [-0.2, 0) is 30.9 Å². The van der Waals surface area contributed by atoms with Gasteiger partial charge in [-0.1, -0.05) is 36.0 Å². The Hall–Kier alpha value is -1.94. The Kier molecular flexibility index (Phi) is 3.38. The molecule has 1 aliphatic heterocycles. The molecule has 1 aliphatic rings. The van der Waals surface area contributed by atoms with E-state index < -0.39 is 10.8 Å². The summed E-state index contributed by atoms with van der Waals surface area (Å²) in [5, 5.41) is 4.81. The van der Waals surface area contributed by atoms with E-state index in [1.165, 1.54) is 0 Å². The first kappa shape index (κ1) is 14.6. The van der Waals surface area contributed by atoms with Gasteiger partial charge in [0.15, 0.2) is 0 Å². The Morgan fingerprint density at radius 1 is 1.00 bits per heavy atom. The molecule has 2 aromatic heterocycles. The van der Waals surface area contributed by atoms with E-state index >= 15 is 0 Å². The number of benzene rings is 2. The van der Waals surface area contributed by atoms with E-state index in [0.717, 1.165) is 37.7 Å². The second kappa shape index (κ2) is 5.31. The van der Waals surface area contributed by atoms with E-state index in [2.05, 4.69) is 22.1 Å². The first-order valence-corrected chi connectivity index (χ1v) is 8.09. The van der Waals surface area contributed by atoms with Gasteiger partial charge in [0.2, 0.25) is 0 Å². The number of nitrogens with zero attached hydrogens (tertiary/aromatic N) is 2. The third-order valence-corrected chi connectivity index (χ3v) is 5.44. The van der Waals surface area contributed by atoms with Gasteiger partial charge >= 0.3 is 0 Å². The van der Waals surface area contributed by atoms with Crippen molar-refractivity contribution in [1.29, 1.82) is 0 Å². The molecular formula is C18H9IrN2OS-. The van der Waals surface area contributed by atoms with Gasteiger partial charge in [0.05, 0.1) is 10.8 Å². The predicted octanol–water partition coefficient (Wildman–Crippen LogP) is 3.73. The first-order chi connectivity index (χ1) is 10.8. The zero-order valence-electron chi connectivity index (χ0n) is 11.7. The molecule has 2 aromatic carbocycles. The third kappa shape index (κ3) is 1.94. The standard InChI is InChI=1S/C18H9N2OS.Ir/c21-22-15-10-11-4-1-2-5-12(11)13-7-9-19-17(16(13)15)14-6-3-8-20-18(14)22;/h1-5,7-10H;/q-1;. The van der Waals surface area contributed by atoms with E-state index in [1.807, 2.05) is 30.3 Å². The SMILES string of the molecule is O=S1c2ncc[c-]c2-c2nccc3c2c1cc1ccccc13.[Ir]. The van der Waals surface area contributed by atoms with Gasteiger partial charge in [0, 0.05) is 36.2 Å². The Labute approximate surface area is 148 Å². The number of aromatic nitrogens is 2. The van der Waals surface area contributed by atoms with Crippen LogP contribution >= 0.6 is 0 Å². The molecule has 5 heteroatoms. The summed E-state index contributed by atoms with van der Waals surface area (Å²) in [5.74, 6) is 0. The Bertz CT molecular complexity index is 1110. The summed E-state index contributed by atoms with van der Waals surface area (Å²) < 4.78 is 12.9. The summed E-state index contributed by atoms with van der Waals surface area (Å²) in [6.07, 6.45) is 3.43. The Morgan fingerprint density at radius 2 is 1.87 bits per heavy atom. The quantitative estimate of drug-likeness (QED) is 0.244. The number of hydrogen-bond acceptors (Lipinski definition) is 3. The van der Waals surface area contributed by atoms with E-state index in [1.54, 1.807) is 18.5 Å². The minimum atomic E-state index is -1.30. The van der Waals surface area contributed by atoms with E-state index in [9.17, 15) is 4.21 Å². The molecule has 1 radical (unpaired) electrons. The topological polar surface area (TPSA) is 42.9 Å². The number of hydrogen-bond donors (Lipinski definition) is 0. The fraction of sp³-hybridized carbons (Fsp3) is 0. The summed E-state index contributed by atoms with van der Waals surface area (Å²) in [6, 6.07) is 17.0. The average molecular weight is 494 g/mol. The van der Waals surface area contributed by atoms with Crippen molar-refractivity contribution in [3.63, 3.8) is 0 Å². The molecule has 0 N–H and O–H groups in total. The molecule has 0 amide bonds. The fourth-order valence-electron chi connectivity index (χ4n) is 3.12.